The van der Waals surface area contributed by atoms with Crippen LogP contribution in [0.2, 0.25) is 13.1 Å². The standard InChI is InChI=1S/C10H15.C5H5.C2H6Si.Zr/c1-2-3-4-7-10-8-5-6-9-10;1-2-4-5-3-1;1-3-2;/h8-9H,2-5,7H2,1H3;1-3H,4H2;1-2H3;/q2*-1;;+2. The predicted octanol–water partition coefficient (Wildman–Crippen LogP) is 5.35. The Hall–Kier alpha value is 0.0600. The van der Waals surface area contributed by atoms with Crippen molar-refractivity contribution in [1.82, 2.24) is 0 Å². The Kier molecular flexibility index (Phi) is 14.5. The summed E-state index contributed by atoms with van der Waals surface area (Å²) in [6.07, 6.45) is 23.9. The van der Waals surface area contributed by atoms with Crippen molar-refractivity contribution in [2.24, 2.45) is 0 Å². The van der Waals surface area contributed by atoms with Gasteiger partial charge in [-0.3, -0.25) is 12.2 Å². The summed E-state index contributed by atoms with van der Waals surface area (Å²) in [5.41, 5.74) is 1.70. The van der Waals surface area contributed by atoms with Gasteiger partial charge in [-0.1, -0.05) is 32.6 Å². The molecule has 0 fully saturated rings. The summed E-state index contributed by atoms with van der Waals surface area (Å²) in [6, 6.07) is 0. The topological polar surface area (TPSA) is 0 Å². The van der Waals surface area contributed by atoms with E-state index in [1.165, 1.54) is 31.3 Å². The summed E-state index contributed by atoms with van der Waals surface area (Å²) in [4.78, 5) is 0. The molecule has 2 heteroatoms. The fourth-order valence-corrected chi connectivity index (χ4v) is 1.53. The summed E-state index contributed by atoms with van der Waals surface area (Å²) < 4.78 is 0. The zero-order chi connectivity index (χ0) is 14.3. The molecule has 0 unspecified atom stereocenters. The van der Waals surface area contributed by atoms with Crippen molar-refractivity contribution in [2.75, 3.05) is 0 Å². The average molecular weight is 350 g/mol. The van der Waals surface area contributed by atoms with Gasteiger partial charge in [0, 0.05) is 0 Å². The number of rotatable bonds is 4. The molecule has 0 nitrogen and oxygen atoms in total. The maximum absolute atomic E-state index is 3.18. The molecule has 0 aromatic rings. The molecule has 0 aromatic heterocycles. The van der Waals surface area contributed by atoms with E-state index in [2.05, 4.69) is 50.4 Å². The van der Waals surface area contributed by atoms with Crippen LogP contribution in [0, 0.1) is 12.2 Å². The first kappa shape index (κ1) is 19.1. The first-order valence-electron chi connectivity index (χ1n) is 7.16. The minimum absolute atomic E-state index is 0.210. The van der Waals surface area contributed by atoms with Crippen LogP contribution in [-0.2, 0) is 23.3 Å². The summed E-state index contributed by atoms with van der Waals surface area (Å²) in [5, 5.41) is 0. The van der Waals surface area contributed by atoms with Gasteiger partial charge in [-0.2, -0.15) is 12.2 Å². The maximum Gasteiger partial charge on any atom is -0.109 e. The second-order valence-electron chi connectivity index (χ2n) is 4.79. The van der Waals surface area contributed by atoms with Crippen LogP contribution in [0.5, 0.6) is 0 Å². The first-order valence-corrected chi connectivity index (χ1v) is 13.3. The van der Waals surface area contributed by atoms with E-state index in [-0.39, 0.29) is 5.43 Å². The molecule has 0 aliphatic heterocycles. The molecule has 102 valence electrons. The second kappa shape index (κ2) is 14.5. The van der Waals surface area contributed by atoms with Gasteiger partial charge in [-0.15, -0.1) is 12.8 Å². The van der Waals surface area contributed by atoms with Gasteiger partial charge in [0.2, 0.25) is 0 Å². The third-order valence-corrected chi connectivity index (χ3v) is 2.42. The van der Waals surface area contributed by atoms with Crippen molar-refractivity contribution >= 4 is 5.43 Å². The van der Waals surface area contributed by atoms with Crippen LogP contribution in [0.4, 0.5) is 0 Å². The van der Waals surface area contributed by atoms with Crippen LogP contribution < -0.4 is 0 Å². The van der Waals surface area contributed by atoms with Gasteiger partial charge in [-0.25, -0.2) is 23.8 Å². The van der Waals surface area contributed by atoms with E-state index in [9.17, 15) is 0 Å². The van der Waals surface area contributed by atoms with Crippen molar-refractivity contribution in [3.63, 3.8) is 0 Å². The molecule has 0 saturated carbocycles. The third kappa shape index (κ3) is 16.0. The van der Waals surface area contributed by atoms with E-state index in [1.807, 2.05) is 12.2 Å². The van der Waals surface area contributed by atoms with Crippen LogP contribution in [0.25, 0.3) is 0 Å². The zero-order valence-electron chi connectivity index (χ0n) is 12.6. The molecule has 0 radical (unpaired) electrons. The second-order valence-corrected chi connectivity index (χ2v) is 14.2. The molecule has 0 bridgehead atoms. The number of allylic oxidation sites excluding steroid dienone is 8. The molecular weight excluding hydrogens is 323 g/mol. The Bertz CT molecular complexity index is 334. The van der Waals surface area contributed by atoms with Gasteiger partial charge in [0.25, 0.3) is 0 Å². The Morgan fingerprint density at radius 1 is 1.21 bits per heavy atom. The number of hydrogen-bond donors (Lipinski definition) is 0. The van der Waals surface area contributed by atoms with E-state index in [1.54, 1.807) is 23.3 Å². The average Bonchev–Trinajstić information content (AvgIpc) is 3.05. The van der Waals surface area contributed by atoms with E-state index in [0.717, 1.165) is 12.8 Å². The van der Waals surface area contributed by atoms with Gasteiger partial charge in [0.05, 0.1) is 0 Å². The fourth-order valence-electron chi connectivity index (χ4n) is 1.53. The monoisotopic (exact) mass is 348 g/mol. The molecule has 0 saturated heterocycles. The molecule has 0 aromatic carbocycles. The summed E-state index contributed by atoms with van der Waals surface area (Å²) in [7, 11) is 0. The van der Waals surface area contributed by atoms with E-state index >= 15 is 0 Å². The quantitative estimate of drug-likeness (QED) is 0.365. The van der Waals surface area contributed by atoms with Crippen molar-refractivity contribution in [3.8, 4) is 0 Å². The third-order valence-electron chi connectivity index (χ3n) is 2.42. The van der Waals surface area contributed by atoms with E-state index in [0.29, 0.717) is 0 Å². The van der Waals surface area contributed by atoms with Crippen molar-refractivity contribution in [3.05, 3.63) is 48.1 Å². The largest absolute Gasteiger partial charge is 0.273 e. The van der Waals surface area contributed by atoms with Crippen LogP contribution in [0.1, 0.15) is 45.4 Å². The molecule has 0 amide bonds. The normalized spacial score (nSPS) is 14.5. The van der Waals surface area contributed by atoms with Gasteiger partial charge in [0.1, 0.15) is 0 Å². The molecule has 0 spiro atoms. The van der Waals surface area contributed by atoms with Gasteiger partial charge >= 0.3 is 41.9 Å². The number of hydrogen-bond acceptors (Lipinski definition) is 0. The van der Waals surface area contributed by atoms with Gasteiger partial charge < -0.3 is 0 Å². The SMILES string of the molecule is CCCCCC1=CC[C-]=C1.C[Si](C)=[Zr+2].[C-]1=CC=CC1. The van der Waals surface area contributed by atoms with E-state index < -0.39 is 0 Å². The fraction of sp³-hybridized carbons (Fsp3) is 0.529. The van der Waals surface area contributed by atoms with Gasteiger partial charge in [0.15, 0.2) is 0 Å². The van der Waals surface area contributed by atoms with Crippen LogP contribution >= 0.6 is 0 Å². The molecular formula is C17H26SiZr. The Labute approximate surface area is 135 Å². The summed E-state index contributed by atoms with van der Waals surface area (Å²) in [6.45, 7) is 6.86. The molecule has 2 aliphatic rings. The van der Waals surface area contributed by atoms with Crippen LogP contribution in [-0.4, -0.2) is 5.43 Å². The molecule has 19 heavy (non-hydrogen) atoms. The van der Waals surface area contributed by atoms with Crippen molar-refractivity contribution < 1.29 is 23.3 Å². The predicted molar refractivity (Wildman–Crippen MR) is 83.7 cm³/mol. The van der Waals surface area contributed by atoms with Crippen LogP contribution in [0.15, 0.2) is 36.0 Å². The molecule has 0 N–H and O–H groups in total. The Balaban J connectivity index is 0.000000300. The summed E-state index contributed by atoms with van der Waals surface area (Å²) >= 11 is 1.74. The molecule has 0 heterocycles. The molecule has 2 rings (SSSR count). The maximum atomic E-state index is 3.18. The smallest absolute Gasteiger partial charge is 0.109 e. The minimum atomic E-state index is 0.210. The minimum Gasteiger partial charge on any atom is -0.273 e. The summed E-state index contributed by atoms with van der Waals surface area (Å²) in [5.74, 6) is 0. The van der Waals surface area contributed by atoms with E-state index in [4.69, 9.17) is 0 Å². The Morgan fingerprint density at radius 2 is 1.95 bits per heavy atom. The Morgan fingerprint density at radius 3 is 2.32 bits per heavy atom. The first-order chi connectivity index (χ1) is 9.16. The zero-order valence-corrected chi connectivity index (χ0v) is 16.1. The number of unbranched alkanes of at least 4 members (excludes halogenated alkanes) is 2. The molecule has 2 aliphatic carbocycles. The van der Waals surface area contributed by atoms with Crippen LogP contribution in [0.3, 0.4) is 0 Å². The molecule has 0 atom stereocenters. The van der Waals surface area contributed by atoms with Crippen molar-refractivity contribution in [2.45, 2.75) is 58.5 Å². The van der Waals surface area contributed by atoms with Gasteiger partial charge in [-0.05, 0) is 0 Å². The van der Waals surface area contributed by atoms with Crippen molar-refractivity contribution in [1.29, 1.82) is 0 Å².